The lowest BCUT2D eigenvalue weighted by Crippen LogP contribution is -2.44. The minimum absolute atomic E-state index is 0.167. The molecule has 2 aliphatic rings. The molecule has 1 heterocycles. The monoisotopic (exact) mass is 301 g/mol. The lowest BCUT2D eigenvalue weighted by Gasteiger charge is -2.30. The summed E-state index contributed by atoms with van der Waals surface area (Å²) in [5, 5.41) is 0. The van der Waals surface area contributed by atoms with Gasteiger partial charge in [0.2, 0.25) is 0 Å². The molecule has 0 bridgehead atoms. The highest BCUT2D eigenvalue weighted by Crippen LogP contribution is 2.26. The van der Waals surface area contributed by atoms with Crippen LogP contribution in [0.25, 0.3) is 0 Å². The van der Waals surface area contributed by atoms with E-state index >= 15 is 0 Å². The summed E-state index contributed by atoms with van der Waals surface area (Å²) in [5.41, 5.74) is 2.86. The van der Waals surface area contributed by atoms with Gasteiger partial charge < -0.3 is 9.64 Å². The predicted octanol–water partition coefficient (Wildman–Crippen LogP) is 3.74. The van der Waals surface area contributed by atoms with E-state index < -0.39 is 0 Å². The van der Waals surface area contributed by atoms with Gasteiger partial charge in [0, 0.05) is 13.1 Å². The maximum atomic E-state index is 12.6. The first-order valence-electron chi connectivity index (χ1n) is 8.85. The van der Waals surface area contributed by atoms with E-state index in [-0.39, 0.29) is 12.0 Å². The Morgan fingerprint density at radius 2 is 1.82 bits per heavy atom. The van der Waals surface area contributed by atoms with E-state index in [0.29, 0.717) is 0 Å². The molecule has 120 valence electrons. The van der Waals surface area contributed by atoms with E-state index in [9.17, 15) is 4.79 Å². The molecule has 0 spiro atoms. The highest BCUT2D eigenvalue weighted by atomic mass is 16.5. The molecule has 1 atom stereocenters. The first-order valence-corrected chi connectivity index (χ1v) is 8.85. The van der Waals surface area contributed by atoms with Crippen molar-refractivity contribution < 1.29 is 9.53 Å². The third-order valence-corrected chi connectivity index (χ3v) is 4.91. The first kappa shape index (κ1) is 15.4. The molecule has 0 radical (unpaired) electrons. The normalized spacial score (nSPS) is 19.4. The van der Waals surface area contributed by atoms with Gasteiger partial charge in [0.25, 0.3) is 5.91 Å². The number of carbonyl (C=O) groups excluding carboxylic acids is 1. The number of nitrogens with zero attached hydrogens (tertiary/aromatic N) is 1. The van der Waals surface area contributed by atoms with E-state index in [2.05, 4.69) is 12.1 Å². The number of hydrogen-bond acceptors (Lipinski definition) is 2. The number of hydrogen-bond donors (Lipinski definition) is 0. The Kier molecular flexibility index (Phi) is 5.01. The zero-order valence-corrected chi connectivity index (χ0v) is 13.6. The SMILES string of the molecule is CCC(Oc1ccc2c(c1)CCCC2)C(=O)N1CCCCC1. The maximum Gasteiger partial charge on any atom is 0.263 e. The average Bonchev–Trinajstić information content (AvgIpc) is 2.59. The molecule has 1 amide bonds. The van der Waals surface area contributed by atoms with Crippen LogP contribution in [0.5, 0.6) is 5.75 Å². The second-order valence-electron chi connectivity index (χ2n) is 6.54. The summed E-state index contributed by atoms with van der Waals surface area (Å²) in [6.07, 6.45) is 8.77. The topological polar surface area (TPSA) is 29.5 Å². The van der Waals surface area contributed by atoms with Gasteiger partial charge in [0.1, 0.15) is 5.75 Å². The van der Waals surface area contributed by atoms with E-state index in [1.165, 1.54) is 36.8 Å². The Morgan fingerprint density at radius 3 is 2.55 bits per heavy atom. The van der Waals surface area contributed by atoms with Gasteiger partial charge in [-0.2, -0.15) is 0 Å². The minimum Gasteiger partial charge on any atom is -0.481 e. The Hall–Kier alpha value is -1.51. The van der Waals surface area contributed by atoms with Crippen molar-refractivity contribution in [3.8, 4) is 5.75 Å². The summed E-state index contributed by atoms with van der Waals surface area (Å²) in [7, 11) is 0. The van der Waals surface area contributed by atoms with Crippen molar-refractivity contribution in [3.63, 3.8) is 0 Å². The van der Waals surface area contributed by atoms with Crippen molar-refractivity contribution in [1.29, 1.82) is 0 Å². The van der Waals surface area contributed by atoms with E-state index in [0.717, 1.165) is 44.5 Å². The van der Waals surface area contributed by atoms with Gasteiger partial charge in [0.15, 0.2) is 6.10 Å². The number of benzene rings is 1. The van der Waals surface area contributed by atoms with Crippen molar-refractivity contribution in [2.24, 2.45) is 0 Å². The molecule has 0 N–H and O–H groups in total. The van der Waals surface area contributed by atoms with Gasteiger partial charge in [-0.05, 0) is 74.6 Å². The third-order valence-electron chi connectivity index (χ3n) is 4.91. The zero-order chi connectivity index (χ0) is 15.4. The maximum absolute atomic E-state index is 12.6. The Balaban J connectivity index is 1.68. The molecule has 3 nitrogen and oxygen atoms in total. The fraction of sp³-hybridized carbons (Fsp3) is 0.632. The van der Waals surface area contributed by atoms with Crippen LogP contribution < -0.4 is 4.74 Å². The van der Waals surface area contributed by atoms with Crippen molar-refractivity contribution in [3.05, 3.63) is 29.3 Å². The molecular weight excluding hydrogens is 274 g/mol. The zero-order valence-electron chi connectivity index (χ0n) is 13.6. The number of amides is 1. The molecule has 0 saturated carbocycles. The van der Waals surface area contributed by atoms with E-state index in [4.69, 9.17) is 4.74 Å². The smallest absolute Gasteiger partial charge is 0.263 e. The van der Waals surface area contributed by atoms with Crippen LogP contribution in [-0.2, 0) is 17.6 Å². The Labute approximate surface area is 133 Å². The number of fused-ring (bicyclic) bond motifs is 1. The Morgan fingerprint density at radius 1 is 1.09 bits per heavy atom. The van der Waals surface area contributed by atoms with Gasteiger partial charge in [-0.25, -0.2) is 0 Å². The molecule has 1 aliphatic heterocycles. The summed E-state index contributed by atoms with van der Waals surface area (Å²) >= 11 is 0. The van der Waals surface area contributed by atoms with Crippen LogP contribution >= 0.6 is 0 Å². The highest BCUT2D eigenvalue weighted by molar-refractivity contribution is 5.81. The second-order valence-corrected chi connectivity index (χ2v) is 6.54. The first-order chi connectivity index (χ1) is 10.8. The number of likely N-dealkylation sites (tertiary alicyclic amines) is 1. The lowest BCUT2D eigenvalue weighted by molar-refractivity contribution is -0.139. The summed E-state index contributed by atoms with van der Waals surface area (Å²) in [6.45, 7) is 3.82. The minimum atomic E-state index is -0.334. The van der Waals surface area contributed by atoms with Gasteiger partial charge >= 0.3 is 0 Å². The molecule has 3 heteroatoms. The molecule has 1 saturated heterocycles. The van der Waals surface area contributed by atoms with Crippen molar-refractivity contribution in [1.82, 2.24) is 4.90 Å². The predicted molar refractivity (Wildman–Crippen MR) is 88.2 cm³/mol. The quantitative estimate of drug-likeness (QED) is 0.848. The van der Waals surface area contributed by atoms with Crippen molar-refractivity contribution in [2.45, 2.75) is 64.4 Å². The van der Waals surface area contributed by atoms with Gasteiger partial charge in [-0.15, -0.1) is 0 Å². The molecule has 0 aromatic heterocycles. The van der Waals surface area contributed by atoms with Crippen LogP contribution in [0.4, 0.5) is 0 Å². The molecule has 1 aliphatic carbocycles. The molecule has 1 aromatic carbocycles. The third kappa shape index (κ3) is 3.45. The van der Waals surface area contributed by atoms with Crippen LogP contribution in [-0.4, -0.2) is 30.0 Å². The fourth-order valence-corrected chi connectivity index (χ4v) is 3.57. The molecule has 1 unspecified atom stereocenters. The second kappa shape index (κ2) is 7.17. The molecule has 1 fully saturated rings. The van der Waals surface area contributed by atoms with E-state index in [1.54, 1.807) is 0 Å². The van der Waals surface area contributed by atoms with Crippen LogP contribution in [0.2, 0.25) is 0 Å². The van der Waals surface area contributed by atoms with Crippen LogP contribution in [0.1, 0.15) is 56.6 Å². The van der Waals surface area contributed by atoms with Crippen molar-refractivity contribution >= 4 is 5.91 Å². The number of piperidine rings is 1. The summed E-state index contributed by atoms with van der Waals surface area (Å²) < 4.78 is 6.05. The lowest BCUT2D eigenvalue weighted by atomic mass is 9.92. The fourth-order valence-electron chi connectivity index (χ4n) is 3.57. The average molecular weight is 301 g/mol. The molecule has 22 heavy (non-hydrogen) atoms. The number of carbonyl (C=O) groups is 1. The van der Waals surface area contributed by atoms with Gasteiger partial charge in [-0.3, -0.25) is 4.79 Å². The van der Waals surface area contributed by atoms with Crippen LogP contribution in [0.3, 0.4) is 0 Å². The van der Waals surface area contributed by atoms with E-state index in [1.807, 2.05) is 17.9 Å². The largest absolute Gasteiger partial charge is 0.481 e. The number of rotatable bonds is 4. The number of ether oxygens (including phenoxy) is 1. The van der Waals surface area contributed by atoms with Crippen LogP contribution in [0.15, 0.2) is 18.2 Å². The number of aryl methyl sites for hydroxylation is 2. The highest BCUT2D eigenvalue weighted by Gasteiger charge is 2.26. The van der Waals surface area contributed by atoms with Crippen LogP contribution in [0, 0.1) is 0 Å². The molecule has 1 aromatic rings. The Bertz CT molecular complexity index is 520. The molecule has 3 rings (SSSR count). The standard InChI is InChI=1S/C19H27NO2/c1-2-18(19(21)20-12-6-3-7-13-20)22-17-11-10-15-8-4-5-9-16(15)14-17/h10-11,14,18H,2-9,12-13H2,1H3. The van der Waals surface area contributed by atoms with Gasteiger partial charge in [0.05, 0.1) is 0 Å². The summed E-state index contributed by atoms with van der Waals surface area (Å²) in [5.74, 6) is 1.03. The summed E-state index contributed by atoms with van der Waals surface area (Å²) in [4.78, 5) is 14.6. The van der Waals surface area contributed by atoms with Gasteiger partial charge in [-0.1, -0.05) is 13.0 Å². The van der Waals surface area contributed by atoms with Crippen molar-refractivity contribution in [2.75, 3.05) is 13.1 Å². The summed E-state index contributed by atoms with van der Waals surface area (Å²) in [6, 6.07) is 6.37. The molecular formula is C19H27NO2.